The lowest BCUT2D eigenvalue weighted by Gasteiger charge is -2.35. The Kier molecular flexibility index (Phi) is 4.98. The molecule has 26 heavy (non-hydrogen) atoms. The van der Waals surface area contributed by atoms with Gasteiger partial charge in [0.05, 0.1) is 22.8 Å². The standard InChI is InChI=1S/C18H18F3NO3S/c1-26(23,24)17-5-3-2-4-15(17)22-10-11-25-16(12-22)13-6-8-14(9-7-13)18(19,20)21/h2-9,16H,10-12H2,1H3. The van der Waals surface area contributed by atoms with Gasteiger partial charge in [0.15, 0.2) is 9.84 Å². The van der Waals surface area contributed by atoms with E-state index in [2.05, 4.69) is 0 Å². The van der Waals surface area contributed by atoms with Crippen LogP contribution in [-0.2, 0) is 20.8 Å². The van der Waals surface area contributed by atoms with Gasteiger partial charge in [0, 0.05) is 19.3 Å². The molecule has 0 spiro atoms. The molecule has 0 amide bonds. The van der Waals surface area contributed by atoms with Crippen molar-refractivity contribution in [2.45, 2.75) is 17.2 Å². The van der Waals surface area contributed by atoms with E-state index in [0.717, 1.165) is 18.4 Å². The smallest absolute Gasteiger partial charge is 0.370 e. The SMILES string of the molecule is CS(=O)(=O)c1ccccc1N1CCOC(c2ccc(C(F)(F)F)cc2)C1. The lowest BCUT2D eigenvalue weighted by atomic mass is 10.0. The summed E-state index contributed by atoms with van der Waals surface area (Å²) in [6, 6.07) is 11.6. The van der Waals surface area contributed by atoms with Gasteiger partial charge in [-0.15, -0.1) is 0 Å². The van der Waals surface area contributed by atoms with Crippen LogP contribution in [-0.4, -0.2) is 34.4 Å². The van der Waals surface area contributed by atoms with Crippen molar-refractivity contribution in [2.75, 3.05) is 30.9 Å². The number of sulfone groups is 1. The molecule has 1 saturated heterocycles. The summed E-state index contributed by atoms with van der Waals surface area (Å²) in [5, 5.41) is 0. The van der Waals surface area contributed by atoms with Crippen LogP contribution in [0.15, 0.2) is 53.4 Å². The maximum absolute atomic E-state index is 12.7. The molecule has 1 fully saturated rings. The number of anilines is 1. The van der Waals surface area contributed by atoms with E-state index in [1.165, 1.54) is 12.1 Å². The first kappa shape index (κ1) is 18.7. The quantitative estimate of drug-likeness (QED) is 0.809. The number of hydrogen-bond donors (Lipinski definition) is 0. The molecule has 3 rings (SSSR count). The van der Waals surface area contributed by atoms with Crippen molar-refractivity contribution < 1.29 is 26.3 Å². The van der Waals surface area contributed by atoms with Gasteiger partial charge in [-0.1, -0.05) is 24.3 Å². The van der Waals surface area contributed by atoms with Gasteiger partial charge < -0.3 is 9.64 Å². The van der Waals surface area contributed by atoms with Crippen molar-refractivity contribution in [3.63, 3.8) is 0 Å². The first-order valence-corrected chi connectivity index (χ1v) is 9.88. The minimum Gasteiger partial charge on any atom is -0.370 e. The average molecular weight is 385 g/mol. The summed E-state index contributed by atoms with van der Waals surface area (Å²) < 4.78 is 67.8. The van der Waals surface area contributed by atoms with Gasteiger partial charge >= 0.3 is 6.18 Å². The van der Waals surface area contributed by atoms with Crippen LogP contribution in [0.3, 0.4) is 0 Å². The van der Waals surface area contributed by atoms with Crippen LogP contribution in [0.1, 0.15) is 17.2 Å². The minimum atomic E-state index is -4.38. The fraction of sp³-hybridized carbons (Fsp3) is 0.333. The summed E-state index contributed by atoms with van der Waals surface area (Å²) in [6.45, 7) is 1.21. The van der Waals surface area contributed by atoms with Crippen LogP contribution in [0, 0.1) is 0 Å². The molecule has 0 aromatic heterocycles. The summed E-state index contributed by atoms with van der Waals surface area (Å²) in [5.41, 5.74) is 0.492. The van der Waals surface area contributed by atoms with Crippen LogP contribution < -0.4 is 4.90 Å². The Hall–Kier alpha value is -2.06. The number of hydrogen-bond acceptors (Lipinski definition) is 4. The number of benzene rings is 2. The van der Waals surface area contributed by atoms with Gasteiger partial charge in [-0.25, -0.2) is 8.42 Å². The third-order valence-corrected chi connectivity index (χ3v) is 5.43. The third-order valence-electron chi connectivity index (χ3n) is 4.28. The molecule has 1 aliphatic rings. The van der Waals surface area contributed by atoms with Crippen molar-refractivity contribution in [1.29, 1.82) is 0 Å². The fourth-order valence-electron chi connectivity index (χ4n) is 2.99. The molecule has 2 aromatic rings. The first-order chi connectivity index (χ1) is 12.2. The Morgan fingerprint density at radius 1 is 1.08 bits per heavy atom. The highest BCUT2D eigenvalue weighted by Gasteiger charge is 2.31. The Bertz CT molecular complexity index is 879. The number of ether oxygens (including phenoxy) is 1. The Morgan fingerprint density at radius 3 is 2.35 bits per heavy atom. The maximum Gasteiger partial charge on any atom is 0.416 e. The number of nitrogens with zero attached hydrogens (tertiary/aromatic N) is 1. The predicted molar refractivity (Wildman–Crippen MR) is 91.9 cm³/mol. The van der Waals surface area contributed by atoms with E-state index >= 15 is 0 Å². The number of rotatable bonds is 3. The van der Waals surface area contributed by atoms with E-state index in [4.69, 9.17) is 4.74 Å². The molecular formula is C18H18F3NO3S. The molecule has 8 heteroatoms. The van der Waals surface area contributed by atoms with E-state index < -0.39 is 27.7 Å². The number of halogens is 3. The van der Waals surface area contributed by atoms with Crippen LogP contribution in [0.2, 0.25) is 0 Å². The van der Waals surface area contributed by atoms with Gasteiger partial charge in [-0.05, 0) is 29.8 Å². The fourth-order valence-corrected chi connectivity index (χ4v) is 3.89. The van der Waals surface area contributed by atoms with Crippen LogP contribution >= 0.6 is 0 Å². The van der Waals surface area contributed by atoms with Gasteiger partial charge in [-0.2, -0.15) is 13.2 Å². The van der Waals surface area contributed by atoms with Gasteiger partial charge in [-0.3, -0.25) is 0 Å². The van der Waals surface area contributed by atoms with Crippen LogP contribution in [0.25, 0.3) is 0 Å². The molecule has 0 radical (unpaired) electrons. The first-order valence-electron chi connectivity index (χ1n) is 7.99. The van der Waals surface area contributed by atoms with E-state index in [9.17, 15) is 21.6 Å². The highest BCUT2D eigenvalue weighted by Crippen LogP contribution is 2.33. The van der Waals surface area contributed by atoms with E-state index in [1.807, 2.05) is 4.90 Å². The Labute approximate surface area is 150 Å². The molecule has 0 bridgehead atoms. The van der Waals surface area contributed by atoms with Crippen molar-refractivity contribution in [1.82, 2.24) is 0 Å². The second-order valence-corrected chi connectivity index (χ2v) is 8.15. The molecule has 1 heterocycles. The number of morpholine rings is 1. The monoisotopic (exact) mass is 385 g/mol. The molecule has 140 valence electrons. The lowest BCUT2D eigenvalue weighted by Crippen LogP contribution is -2.39. The van der Waals surface area contributed by atoms with Crippen molar-refractivity contribution >= 4 is 15.5 Å². The molecule has 2 aromatic carbocycles. The van der Waals surface area contributed by atoms with E-state index in [0.29, 0.717) is 30.9 Å². The van der Waals surface area contributed by atoms with Gasteiger partial charge in [0.1, 0.15) is 6.10 Å². The second-order valence-electron chi connectivity index (χ2n) is 6.17. The second kappa shape index (κ2) is 6.92. The van der Waals surface area contributed by atoms with E-state index in [-0.39, 0.29) is 4.90 Å². The normalized spacial score (nSPS) is 18.8. The van der Waals surface area contributed by atoms with Gasteiger partial charge in [0.25, 0.3) is 0 Å². The summed E-state index contributed by atoms with van der Waals surface area (Å²) >= 11 is 0. The lowest BCUT2D eigenvalue weighted by molar-refractivity contribution is -0.137. The number of alkyl halides is 3. The highest BCUT2D eigenvalue weighted by molar-refractivity contribution is 7.90. The molecule has 1 atom stereocenters. The topological polar surface area (TPSA) is 46.6 Å². The van der Waals surface area contributed by atoms with Crippen molar-refractivity contribution in [2.24, 2.45) is 0 Å². The summed E-state index contributed by atoms with van der Waals surface area (Å²) in [7, 11) is -3.39. The zero-order valence-electron chi connectivity index (χ0n) is 14.0. The highest BCUT2D eigenvalue weighted by atomic mass is 32.2. The van der Waals surface area contributed by atoms with Crippen LogP contribution in [0.5, 0.6) is 0 Å². The predicted octanol–water partition coefficient (Wildman–Crippen LogP) is 3.69. The van der Waals surface area contributed by atoms with Gasteiger partial charge in [0.2, 0.25) is 0 Å². The Morgan fingerprint density at radius 2 is 1.73 bits per heavy atom. The third kappa shape index (κ3) is 4.02. The summed E-state index contributed by atoms with van der Waals surface area (Å²) in [4.78, 5) is 2.12. The summed E-state index contributed by atoms with van der Waals surface area (Å²) in [5.74, 6) is 0. The van der Waals surface area contributed by atoms with Crippen LogP contribution in [0.4, 0.5) is 18.9 Å². The molecule has 1 unspecified atom stereocenters. The molecule has 0 saturated carbocycles. The molecular weight excluding hydrogens is 367 g/mol. The van der Waals surface area contributed by atoms with Crippen molar-refractivity contribution in [3.05, 3.63) is 59.7 Å². The largest absolute Gasteiger partial charge is 0.416 e. The molecule has 0 aliphatic carbocycles. The zero-order chi connectivity index (χ0) is 18.9. The minimum absolute atomic E-state index is 0.230. The summed E-state index contributed by atoms with van der Waals surface area (Å²) in [6.07, 6.45) is -3.66. The average Bonchev–Trinajstić information content (AvgIpc) is 2.60. The Balaban J connectivity index is 1.85. The van der Waals surface area contributed by atoms with E-state index in [1.54, 1.807) is 24.3 Å². The zero-order valence-corrected chi connectivity index (χ0v) is 14.8. The molecule has 0 N–H and O–H groups in total. The molecule has 1 aliphatic heterocycles. The number of para-hydroxylation sites is 1. The van der Waals surface area contributed by atoms with Crippen molar-refractivity contribution in [3.8, 4) is 0 Å². The maximum atomic E-state index is 12.7. The molecule has 4 nitrogen and oxygen atoms in total.